The minimum Gasteiger partial charge on any atom is -0.457 e. The van der Waals surface area contributed by atoms with Crippen LogP contribution in [0.2, 0.25) is 0 Å². The molecule has 0 unspecified atom stereocenters. The summed E-state index contributed by atoms with van der Waals surface area (Å²) in [5, 5.41) is 21.7. The molecule has 32 heavy (non-hydrogen) atoms. The van der Waals surface area contributed by atoms with Gasteiger partial charge in [0.25, 0.3) is 11.6 Å². The number of carbonyl (C=O) groups excluding carboxylic acids is 2. The molecule has 2 aromatic carbocycles. The number of aliphatic hydroxyl groups excluding tert-OH is 1. The third-order valence-corrected chi connectivity index (χ3v) is 6.65. The zero-order valence-corrected chi connectivity index (χ0v) is 17.4. The van der Waals surface area contributed by atoms with Crippen molar-refractivity contribution in [2.24, 2.45) is 0 Å². The molecular formula is C23H23N3O6. The Bertz CT molecular complexity index is 1110. The predicted molar refractivity (Wildman–Crippen MR) is 113 cm³/mol. The van der Waals surface area contributed by atoms with Crippen LogP contribution in [0.5, 0.6) is 0 Å². The number of nitro groups is 1. The van der Waals surface area contributed by atoms with E-state index in [9.17, 15) is 24.8 Å². The molecule has 1 amide bonds. The molecule has 3 heterocycles. The van der Waals surface area contributed by atoms with Gasteiger partial charge in [0.1, 0.15) is 6.61 Å². The number of piperidine rings is 1. The standard InChI is InChI=1S/C23H23N3O6/c27-21(14-1-3-20-16(9-14)13-32-23(20)29)12-24-7-5-17(6-8-24)25-11-15-10-18(26(30)31)2-4-19(15)22(25)28/h1-4,9-10,17,21,27H,5-8,11-13H2/t21-/m0/s1. The zero-order valence-electron chi connectivity index (χ0n) is 17.4. The average Bonchev–Trinajstić information content (AvgIpc) is 3.33. The predicted octanol–water partition coefficient (Wildman–Crippen LogP) is 2.42. The fraction of sp³-hybridized carbons (Fsp3) is 0.391. The molecule has 0 aliphatic carbocycles. The van der Waals surface area contributed by atoms with Gasteiger partial charge in [0.15, 0.2) is 0 Å². The molecule has 2 aromatic rings. The maximum atomic E-state index is 12.8. The van der Waals surface area contributed by atoms with E-state index in [1.807, 2.05) is 11.0 Å². The topological polar surface area (TPSA) is 113 Å². The van der Waals surface area contributed by atoms with Gasteiger partial charge in [0, 0.05) is 55.5 Å². The lowest BCUT2D eigenvalue weighted by atomic mass is 10.00. The van der Waals surface area contributed by atoms with Gasteiger partial charge in [0.05, 0.1) is 16.6 Å². The van der Waals surface area contributed by atoms with E-state index in [1.165, 1.54) is 12.1 Å². The molecule has 9 nitrogen and oxygen atoms in total. The van der Waals surface area contributed by atoms with Gasteiger partial charge in [-0.3, -0.25) is 14.9 Å². The summed E-state index contributed by atoms with van der Waals surface area (Å²) in [5.41, 5.74) is 3.38. The lowest BCUT2D eigenvalue weighted by Crippen LogP contribution is -2.45. The van der Waals surface area contributed by atoms with Crippen molar-refractivity contribution in [2.75, 3.05) is 19.6 Å². The van der Waals surface area contributed by atoms with Crippen molar-refractivity contribution >= 4 is 17.6 Å². The van der Waals surface area contributed by atoms with E-state index in [2.05, 4.69) is 4.90 Å². The molecular weight excluding hydrogens is 414 g/mol. The molecule has 0 aromatic heterocycles. The fourth-order valence-electron chi connectivity index (χ4n) is 4.86. The summed E-state index contributed by atoms with van der Waals surface area (Å²) in [6.07, 6.45) is 0.882. The number of esters is 1. The Labute approximate surface area is 184 Å². The number of aliphatic hydroxyl groups is 1. The fourth-order valence-corrected chi connectivity index (χ4v) is 4.86. The van der Waals surface area contributed by atoms with Crippen molar-refractivity contribution in [1.29, 1.82) is 0 Å². The molecule has 1 fully saturated rings. The third kappa shape index (κ3) is 3.63. The summed E-state index contributed by atoms with van der Waals surface area (Å²) in [6.45, 7) is 2.61. The highest BCUT2D eigenvalue weighted by atomic mass is 16.6. The highest BCUT2D eigenvalue weighted by Crippen LogP contribution is 2.31. The maximum absolute atomic E-state index is 12.8. The summed E-state index contributed by atoms with van der Waals surface area (Å²) in [7, 11) is 0. The Morgan fingerprint density at radius 3 is 2.59 bits per heavy atom. The molecule has 1 atom stereocenters. The van der Waals surface area contributed by atoms with Crippen LogP contribution >= 0.6 is 0 Å². The van der Waals surface area contributed by atoms with E-state index in [4.69, 9.17) is 4.74 Å². The number of amides is 1. The molecule has 1 saturated heterocycles. The molecule has 0 saturated carbocycles. The molecule has 3 aliphatic rings. The van der Waals surface area contributed by atoms with Gasteiger partial charge in [-0.1, -0.05) is 6.07 Å². The number of β-amino-alcohol motifs (C(OH)–C–C–N with tert-alkyl or cyclic N) is 1. The van der Waals surface area contributed by atoms with Crippen LogP contribution in [0.4, 0.5) is 5.69 Å². The molecule has 0 bridgehead atoms. The number of rotatable bonds is 5. The van der Waals surface area contributed by atoms with E-state index in [0.717, 1.165) is 37.1 Å². The molecule has 0 spiro atoms. The van der Waals surface area contributed by atoms with E-state index >= 15 is 0 Å². The Morgan fingerprint density at radius 2 is 1.84 bits per heavy atom. The van der Waals surface area contributed by atoms with Crippen molar-refractivity contribution < 1.29 is 24.4 Å². The second kappa shape index (κ2) is 7.99. The van der Waals surface area contributed by atoms with E-state index in [0.29, 0.717) is 29.8 Å². The largest absolute Gasteiger partial charge is 0.457 e. The van der Waals surface area contributed by atoms with Gasteiger partial charge < -0.3 is 19.6 Å². The smallest absolute Gasteiger partial charge is 0.338 e. The van der Waals surface area contributed by atoms with Crippen LogP contribution in [0.25, 0.3) is 0 Å². The number of likely N-dealkylation sites (tertiary alicyclic amines) is 1. The first-order valence-corrected chi connectivity index (χ1v) is 10.7. The molecule has 3 aliphatic heterocycles. The Kier molecular flexibility index (Phi) is 5.15. The lowest BCUT2D eigenvalue weighted by molar-refractivity contribution is -0.384. The SMILES string of the molecule is O=C1OCc2cc([C@@H](O)CN3CCC(N4Cc5cc([N+](=O)[O-])ccc5C4=O)CC3)ccc21. The van der Waals surface area contributed by atoms with Crippen molar-refractivity contribution in [3.8, 4) is 0 Å². The van der Waals surface area contributed by atoms with E-state index in [-0.39, 0.29) is 30.2 Å². The number of carbonyl (C=O) groups is 2. The first kappa shape index (κ1) is 20.6. The normalized spacial score (nSPS) is 19.6. The quantitative estimate of drug-likeness (QED) is 0.434. The minimum absolute atomic E-state index is 0.00434. The number of benzene rings is 2. The van der Waals surface area contributed by atoms with Crippen LogP contribution in [0.1, 0.15) is 56.4 Å². The number of hydrogen-bond acceptors (Lipinski definition) is 7. The van der Waals surface area contributed by atoms with Crippen LogP contribution in [-0.4, -0.2) is 57.4 Å². The number of ether oxygens (including phenoxy) is 1. The van der Waals surface area contributed by atoms with Crippen LogP contribution in [0.3, 0.4) is 0 Å². The first-order chi connectivity index (χ1) is 15.4. The van der Waals surface area contributed by atoms with Gasteiger partial charge in [-0.2, -0.15) is 0 Å². The Balaban J connectivity index is 1.18. The van der Waals surface area contributed by atoms with E-state index < -0.39 is 11.0 Å². The molecule has 1 N–H and O–H groups in total. The number of nitro benzene ring substituents is 1. The van der Waals surface area contributed by atoms with Gasteiger partial charge in [-0.05, 0) is 42.2 Å². The second-order valence-corrected chi connectivity index (χ2v) is 8.57. The highest BCUT2D eigenvalue weighted by Gasteiger charge is 2.35. The first-order valence-electron chi connectivity index (χ1n) is 10.7. The van der Waals surface area contributed by atoms with Gasteiger partial charge >= 0.3 is 5.97 Å². The third-order valence-electron chi connectivity index (χ3n) is 6.65. The van der Waals surface area contributed by atoms with Gasteiger partial charge in [0.2, 0.25) is 0 Å². The number of cyclic esters (lactones) is 1. The lowest BCUT2D eigenvalue weighted by Gasteiger charge is -2.37. The molecule has 0 radical (unpaired) electrons. The number of non-ortho nitro benzene ring substituents is 1. The summed E-state index contributed by atoms with van der Waals surface area (Å²) >= 11 is 0. The molecule has 9 heteroatoms. The maximum Gasteiger partial charge on any atom is 0.338 e. The van der Waals surface area contributed by atoms with Crippen LogP contribution in [0.15, 0.2) is 36.4 Å². The summed E-state index contributed by atoms with van der Waals surface area (Å²) < 4.78 is 5.02. The molecule has 166 valence electrons. The summed E-state index contributed by atoms with van der Waals surface area (Å²) in [4.78, 5) is 39.0. The summed E-state index contributed by atoms with van der Waals surface area (Å²) in [6, 6.07) is 9.80. The number of nitrogens with zero attached hydrogens (tertiary/aromatic N) is 3. The van der Waals surface area contributed by atoms with Crippen molar-refractivity contribution in [2.45, 2.75) is 38.1 Å². The van der Waals surface area contributed by atoms with Crippen molar-refractivity contribution in [3.05, 3.63) is 74.3 Å². The van der Waals surface area contributed by atoms with Crippen LogP contribution in [0, 0.1) is 10.1 Å². The minimum atomic E-state index is -0.675. The van der Waals surface area contributed by atoms with Crippen LogP contribution in [-0.2, 0) is 17.9 Å². The van der Waals surface area contributed by atoms with Crippen LogP contribution < -0.4 is 0 Å². The van der Waals surface area contributed by atoms with Gasteiger partial charge in [-0.15, -0.1) is 0 Å². The number of hydrogen-bond donors (Lipinski definition) is 1. The molecule has 5 rings (SSSR count). The summed E-state index contributed by atoms with van der Waals surface area (Å²) in [5.74, 6) is -0.389. The zero-order chi connectivity index (χ0) is 22.4. The van der Waals surface area contributed by atoms with Gasteiger partial charge in [-0.25, -0.2) is 4.79 Å². The Morgan fingerprint density at radius 1 is 1.09 bits per heavy atom. The van der Waals surface area contributed by atoms with E-state index in [1.54, 1.807) is 18.2 Å². The second-order valence-electron chi connectivity index (χ2n) is 8.57. The highest BCUT2D eigenvalue weighted by molar-refractivity contribution is 5.98. The Hall–Kier alpha value is -3.30. The monoisotopic (exact) mass is 437 g/mol. The van der Waals surface area contributed by atoms with Crippen molar-refractivity contribution in [3.63, 3.8) is 0 Å². The number of fused-ring (bicyclic) bond motifs is 2. The van der Waals surface area contributed by atoms with Crippen molar-refractivity contribution in [1.82, 2.24) is 9.80 Å². The average molecular weight is 437 g/mol.